The summed E-state index contributed by atoms with van der Waals surface area (Å²) in [6, 6.07) is 17.6. The summed E-state index contributed by atoms with van der Waals surface area (Å²) in [7, 11) is 0. The predicted octanol–water partition coefficient (Wildman–Crippen LogP) is 3.27. The van der Waals surface area contributed by atoms with E-state index in [1.165, 1.54) is 5.69 Å². The lowest BCUT2D eigenvalue weighted by atomic mass is 10.2. The van der Waals surface area contributed by atoms with Gasteiger partial charge in [0.15, 0.2) is 0 Å². The summed E-state index contributed by atoms with van der Waals surface area (Å²) in [4.78, 5) is 17.2. The number of anilines is 3. The van der Waals surface area contributed by atoms with E-state index in [0.29, 0.717) is 0 Å². The fraction of sp³-hybridized carbons (Fsp3) is 0.381. The van der Waals surface area contributed by atoms with Gasteiger partial charge in [-0.3, -0.25) is 4.79 Å². The standard InChI is InChI=1S/C21H28N4O/c1-3-24-13-15-25(16-14-24)20-11-9-19(10-12-20)22-17(2)21(26)23-18-7-5-4-6-8-18/h4-12,17,22H,3,13-16H2,1-2H3,(H,23,26)/t17-/m1/s1. The molecule has 1 saturated heterocycles. The first-order chi connectivity index (χ1) is 12.7. The van der Waals surface area contributed by atoms with Crippen molar-refractivity contribution in [2.24, 2.45) is 0 Å². The van der Waals surface area contributed by atoms with Crippen LogP contribution < -0.4 is 15.5 Å². The van der Waals surface area contributed by atoms with Crippen LogP contribution in [0.5, 0.6) is 0 Å². The lowest BCUT2D eigenvalue weighted by Gasteiger charge is -2.35. The van der Waals surface area contributed by atoms with Crippen molar-refractivity contribution in [2.75, 3.05) is 48.3 Å². The quantitative estimate of drug-likeness (QED) is 0.838. The van der Waals surface area contributed by atoms with Gasteiger partial charge >= 0.3 is 0 Å². The van der Waals surface area contributed by atoms with Crippen molar-refractivity contribution in [2.45, 2.75) is 19.9 Å². The highest BCUT2D eigenvalue weighted by molar-refractivity contribution is 5.96. The molecule has 2 N–H and O–H groups in total. The largest absolute Gasteiger partial charge is 0.374 e. The van der Waals surface area contributed by atoms with Crippen LogP contribution in [0, 0.1) is 0 Å². The lowest BCUT2D eigenvalue weighted by Crippen LogP contribution is -2.46. The first-order valence-electron chi connectivity index (χ1n) is 9.35. The van der Waals surface area contributed by atoms with E-state index in [-0.39, 0.29) is 11.9 Å². The maximum absolute atomic E-state index is 12.3. The van der Waals surface area contributed by atoms with E-state index in [9.17, 15) is 4.79 Å². The number of para-hydroxylation sites is 1. The number of rotatable bonds is 6. The van der Waals surface area contributed by atoms with E-state index in [1.807, 2.05) is 49.4 Å². The van der Waals surface area contributed by atoms with Crippen molar-refractivity contribution < 1.29 is 4.79 Å². The summed E-state index contributed by atoms with van der Waals surface area (Å²) in [5.41, 5.74) is 3.01. The van der Waals surface area contributed by atoms with Crippen molar-refractivity contribution >= 4 is 23.0 Å². The number of carbonyl (C=O) groups is 1. The molecular weight excluding hydrogens is 324 g/mol. The molecular formula is C21H28N4O. The maximum atomic E-state index is 12.3. The molecule has 1 amide bonds. The molecule has 0 saturated carbocycles. The average molecular weight is 352 g/mol. The van der Waals surface area contributed by atoms with Gasteiger partial charge in [0.2, 0.25) is 5.91 Å². The van der Waals surface area contributed by atoms with Crippen LogP contribution >= 0.6 is 0 Å². The Balaban J connectivity index is 1.53. The minimum absolute atomic E-state index is 0.0454. The topological polar surface area (TPSA) is 47.6 Å². The molecule has 1 fully saturated rings. The Labute approximate surface area is 156 Å². The van der Waals surface area contributed by atoms with Gasteiger partial charge in [0.25, 0.3) is 0 Å². The molecule has 5 heteroatoms. The Morgan fingerprint density at radius 3 is 2.23 bits per heavy atom. The van der Waals surface area contributed by atoms with Crippen LogP contribution in [0.2, 0.25) is 0 Å². The fourth-order valence-electron chi connectivity index (χ4n) is 3.18. The van der Waals surface area contributed by atoms with Gasteiger partial charge in [-0.15, -0.1) is 0 Å². The third-order valence-electron chi connectivity index (χ3n) is 4.87. The minimum atomic E-state index is -0.311. The Bertz CT molecular complexity index is 694. The van der Waals surface area contributed by atoms with E-state index in [2.05, 4.69) is 39.5 Å². The Hall–Kier alpha value is -2.53. The SMILES string of the molecule is CCN1CCN(c2ccc(N[C@H](C)C(=O)Nc3ccccc3)cc2)CC1. The zero-order valence-electron chi connectivity index (χ0n) is 15.6. The number of benzene rings is 2. The van der Waals surface area contributed by atoms with Crippen LogP contribution in [0.15, 0.2) is 54.6 Å². The van der Waals surface area contributed by atoms with Crippen LogP contribution in [0.1, 0.15) is 13.8 Å². The molecule has 0 aromatic heterocycles. The number of nitrogens with zero attached hydrogens (tertiary/aromatic N) is 2. The van der Waals surface area contributed by atoms with Gasteiger partial charge in [0, 0.05) is 43.2 Å². The van der Waals surface area contributed by atoms with E-state index in [1.54, 1.807) is 0 Å². The van der Waals surface area contributed by atoms with Gasteiger partial charge in [-0.2, -0.15) is 0 Å². The molecule has 2 aromatic carbocycles. The van der Waals surface area contributed by atoms with Crippen molar-refractivity contribution in [3.05, 3.63) is 54.6 Å². The van der Waals surface area contributed by atoms with E-state index in [0.717, 1.165) is 44.1 Å². The normalized spacial score (nSPS) is 16.2. The molecule has 0 spiro atoms. The van der Waals surface area contributed by atoms with Crippen molar-refractivity contribution in [3.63, 3.8) is 0 Å². The van der Waals surface area contributed by atoms with Crippen molar-refractivity contribution in [1.29, 1.82) is 0 Å². The molecule has 0 bridgehead atoms. The number of amides is 1. The van der Waals surface area contributed by atoms with Gasteiger partial charge in [-0.05, 0) is 49.9 Å². The number of hydrogen-bond acceptors (Lipinski definition) is 4. The molecule has 1 heterocycles. The van der Waals surface area contributed by atoms with Gasteiger partial charge < -0.3 is 20.4 Å². The molecule has 2 aromatic rings. The van der Waals surface area contributed by atoms with Crippen molar-refractivity contribution in [1.82, 2.24) is 4.90 Å². The van der Waals surface area contributed by atoms with Crippen LogP contribution in [-0.4, -0.2) is 49.6 Å². The Morgan fingerprint density at radius 2 is 1.62 bits per heavy atom. The summed E-state index contributed by atoms with van der Waals surface area (Å²) in [5.74, 6) is -0.0454. The highest BCUT2D eigenvalue weighted by atomic mass is 16.2. The smallest absolute Gasteiger partial charge is 0.246 e. The molecule has 0 unspecified atom stereocenters. The summed E-state index contributed by atoms with van der Waals surface area (Å²) >= 11 is 0. The van der Waals surface area contributed by atoms with E-state index >= 15 is 0 Å². The van der Waals surface area contributed by atoms with E-state index < -0.39 is 0 Å². The predicted molar refractivity (Wildman–Crippen MR) is 109 cm³/mol. The molecule has 1 atom stereocenters. The molecule has 0 radical (unpaired) electrons. The highest BCUT2D eigenvalue weighted by Crippen LogP contribution is 2.20. The van der Waals surface area contributed by atoms with Gasteiger partial charge in [0.1, 0.15) is 6.04 Å². The van der Waals surface area contributed by atoms with Gasteiger partial charge in [-0.1, -0.05) is 25.1 Å². The summed E-state index contributed by atoms with van der Waals surface area (Å²) in [6.07, 6.45) is 0. The second kappa shape index (κ2) is 8.72. The van der Waals surface area contributed by atoms with Gasteiger partial charge in [-0.25, -0.2) is 0 Å². The number of likely N-dealkylation sites (N-methyl/N-ethyl adjacent to an activating group) is 1. The summed E-state index contributed by atoms with van der Waals surface area (Å²) in [5, 5.41) is 6.19. The molecule has 5 nitrogen and oxygen atoms in total. The van der Waals surface area contributed by atoms with E-state index in [4.69, 9.17) is 0 Å². The maximum Gasteiger partial charge on any atom is 0.246 e. The molecule has 138 valence electrons. The fourth-order valence-corrected chi connectivity index (χ4v) is 3.18. The molecule has 3 rings (SSSR count). The summed E-state index contributed by atoms with van der Waals surface area (Å²) in [6.45, 7) is 9.58. The molecule has 0 aliphatic carbocycles. The first kappa shape index (κ1) is 18.3. The number of hydrogen-bond donors (Lipinski definition) is 2. The third kappa shape index (κ3) is 4.76. The van der Waals surface area contributed by atoms with Crippen LogP contribution in [0.25, 0.3) is 0 Å². The average Bonchev–Trinajstić information content (AvgIpc) is 2.69. The molecule has 1 aliphatic heterocycles. The van der Waals surface area contributed by atoms with Crippen molar-refractivity contribution in [3.8, 4) is 0 Å². The Kier molecular flexibility index (Phi) is 6.12. The minimum Gasteiger partial charge on any atom is -0.374 e. The second-order valence-corrected chi connectivity index (χ2v) is 6.69. The molecule has 26 heavy (non-hydrogen) atoms. The summed E-state index contributed by atoms with van der Waals surface area (Å²) < 4.78 is 0. The zero-order chi connectivity index (χ0) is 18.4. The lowest BCUT2D eigenvalue weighted by molar-refractivity contribution is -0.116. The van der Waals surface area contributed by atoms with Gasteiger partial charge in [0.05, 0.1) is 0 Å². The first-order valence-corrected chi connectivity index (χ1v) is 9.35. The zero-order valence-corrected chi connectivity index (χ0v) is 15.6. The highest BCUT2D eigenvalue weighted by Gasteiger charge is 2.16. The Morgan fingerprint density at radius 1 is 0.962 bits per heavy atom. The monoisotopic (exact) mass is 352 g/mol. The number of nitrogens with one attached hydrogen (secondary N) is 2. The van der Waals surface area contributed by atoms with Crippen LogP contribution in [0.3, 0.4) is 0 Å². The second-order valence-electron chi connectivity index (χ2n) is 6.69. The van der Waals surface area contributed by atoms with Crippen LogP contribution in [-0.2, 0) is 4.79 Å². The molecule has 1 aliphatic rings. The van der Waals surface area contributed by atoms with Crippen LogP contribution in [0.4, 0.5) is 17.1 Å². The number of carbonyl (C=O) groups excluding carboxylic acids is 1. The third-order valence-corrected chi connectivity index (χ3v) is 4.87. The number of piperazine rings is 1.